The van der Waals surface area contributed by atoms with Crippen LogP contribution in [0.3, 0.4) is 0 Å². The smallest absolute Gasteiger partial charge is 0.328 e. The number of rotatable bonds is 4. The minimum absolute atomic E-state index is 0.201. The number of hydrogen-bond acceptors (Lipinski definition) is 5. The molecule has 0 bridgehead atoms. The first-order valence-electron chi connectivity index (χ1n) is 6.62. The molecule has 0 saturated carbocycles. The largest absolute Gasteiger partial charge is 0.508 e. The van der Waals surface area contributed by atoms with Crippen molar-refractivity contribution in [3.8, 4) is 5.75 Å². The van der Waals surface area contributed by atoms with Crippen molar-refractivity contribution in [3.63, 3.8) is 0 Å². The Balaban J connectivity index is 2.22. The third kappa shape index (κ3) is 3.45. The summed E-state index contributed by atoms with van der Waals surface area (Å²) >= 11 is 0. The molecule has 2 rings (SSSR count). The minimum Gasteiger partial charge on any atom is -0.508 e. The lowest BCUT2D eigenvalue weighted by atomic mass is 10.0. The summed E-state index contributed by atoms with van der Waals surface area (Å²) in [5, 5.41) is 12.6. The number of hydrogen-bond donors (Lipinski definition) is 2. The van der Waals surface area contributed by atoms with Gasteiger partial charge in [-0.15, -0.1) is 0 Å². The van der Waals surface area contributed by atoms with Crippen LogP contribution in [0.1, 0.15) is 18.5 Å². The van der Waals surface area contributed by atoms with E-state index >= 15 is 0 Å². The lowest BCUT2D eigenvalue weighted by Gasteiger charge is -2.33. The van der Waals surface area contributed by atoms with E-state index in [0.717, 1.165) is 31.7 Å². The summed E-state index contributed by atoms with van der Waals surface area (Å²) in [6.07, 6.45) is 0. The van der Waals surface area contributed by atoms with Gasteiger partial charge in [-0.05, 0) is 24.6 Å². The molecule has 1 aliphatic rings. The van der Waals surface area contributed by atoms with Gasteiger partial charge in [-0.1, -0.05) is 12.1 Å². The Morgan fingerprint density at radius 1 is 1.37 bits per heavy atom. The number of carbonyl (C=O) groups is 1. The Bertz CT molecular complexity index is 413. The van der Waals surface area contributed by atoms with Crippen molar-refractivity contribution in [2.75, 3.05) is 32.8 Å². The van der Waals surface area contributed by atoms with Crippen LogP contribution in [0.5, 0.6) is 5.75 Å². The van der Waals surface area contributed by atoms with Crippen LogP contribution in [0.15, 0.2) is 24.3 Å². The van der Waals surface area contributed by atoms with E-state index in [4.69, 9.17) is 4.74 Å². The molecule has 5 heteroatoms. The second kappa shape index (κ2) is 6.54. The van der Waals surface area contributed by atoms with Gasteiger partial charge in [0, 0.05) is 26.2 Å². The van der Waals surface area contributed by atoms with Gasteiger partial charge in [-0.3, -0.25) is 4.90 Å². The molecule has 0 aromatic heterocycles. The van der Waals surface area contributed by atoms with Gasteiger partial charge in [0.05, 0.1) is 6.61 Å². The number of esters is 1. The van der Waals surface area contributed by atoms with Crippen LogP contribution < -0.4 is 5.32 Å². The number of nitrogens with zero attached hydrogens (tertiary/aromatic N) is 1. The first kappa shape index (κ1) is 13.8. The molecule has 19 heavy (non-hydrogen) atoms. The lowest BCUT2D eigenvalue weighted by molar-refractivity contribution is -0.150. The standard InChI is InChI=1S/C14H20N2O3/c1-2-19-14(18)13(16-9-7-15-8-10-16)11-3-5-12(17)6-4-11/h3-6,13,15,17H,2,7-10H2,1H3. The monoisotopic (exact) mass is 264 g/mol. The summed E-state index contributed by atoms with van der Waals surface area (Å²) in [6, 6.07) is 6.37. The van der Waals surface area contributed by atoms with Crippen LogP contribution in [-0.2, 0) is 9.53 Å². The highest BCUT2D eigenvalue weighted by Crippen LogP contribution is 2.24. The van der Waals surface area contributed by atoms with Crippen molar-refractivity contribution in [3.05, 3.63) is 29.8 Å². The Morgan fingerprint density at radius 3 is 2.58 bits per heavy atom. The van der Waals surface area contributed by atoms with Gasteiger partial charge in [0.25, 0.3) is 0 Å². The number of aromatic hydroxyl groups is 1. The maximum atomic E-state index is 12.2. The van der Waals surface area contributed by atoms with Crippen molar-refractivity contribution in [1.29, 1.82) is 0 Å². The van der Waals surface area contributed by atoms with E-state index in [1.807, 2.05) is 6.92 Å². The average Bonchev–Trinajstić information content (AvgIpc) is 2.43. The molecule has 1 saturated heterocycles. The zero-order valence-corrected chi connectivity index (χ0v) is 11.1. The van der Waals surface area contributed by atoms with Crippen LogP contribution in [0.2, 0.25) is 0 Å². The highest BCUT2D eigenvalue weighted by atomic mass is 16.5. The molecular weight excluding hydrogens is 244 g/mol. The Kier molecular flexibility index (Phi) is 4.76. The van der Waals surface area contributed by atoms with Crippen LogP contribution >= 0.6 is 0 Å². The number of phenols is 1. The molecule has 0 aliphatic carbocycles. The van der Waals surface area contributed by atoms with E-state index in [2.05, 4.69) is 10.2 Å². The zero-order chi connectivity index (χ0) is 13.7. The first-order chi connectivity index (χ1) is 9.22. The molecule has 2 N–H and O–H groups in total. The number of nitrogens with one attached hydrogen (secondary N) is 1. The fourth-order valence-electron chi connectivity index (χ4n) is 2.31. The van der Waals surface area contributed by atoms with Gasteiger partial charge in [-0.25, -0.2) is 4.79 Å². The van der Waals surface area contributed by atoms with E-state index in [0.29, 0.717) is 6.61 Å². The van der Waals surface area contributed by atoms with E-state index < -0.39 is 0 Å². The number of carbonyl (C=O) groups excluding carboxylic acids is 1. The van der Waals surface area contributed by atoms with Crippen molar-refractivity contribution in [2.45, 2.75) is 13.0 Å². The molecule has 1 fully saturated rings. The van der Waals surface area contributed by atoms with Crippen LogP contribution in [0, 0.1) is 0 Å². The Morgan fingerprint density at radius 2 is 2.00 bits per heavy atom. The molecule has 5 nitrogen and oxygen atoms in total. The van der Waals surface area contributed by atoms with Crippen molar-refractivity contribution < 1.29 is 14.6 Å². The molecule has 1 aromatic rings. The molecule has 104 valence electrons. The Labute approximate surface area is 113 Å². The molecule has 1 atom stereocenters. The molecule has 1 heterocycles. The molecule has 1 aromatic carbocycles. The summed E-state index contributed by atoms with van der Waals surface area (Å²) in [7, 11) is 0. The summed E-state index contributed by atoms with van der Waals surface area (Å²) in [5.74, 6) is -0.0261. The molecule has 1 unspecified atom stereocenters. The molecule has 1 aliphatic heterocycles. The average molecular weight is 264 g/mol. The van der Waals surface area contributed by atoms with Gasteiger partial charge >= 0.3 is 5.97 Å². The minimum atomic E-state index is -0.386. The number of phenolic OH excluding ortho intramolecular Hbond substituents is 1. The van der Waals surface area contributed by atoms with E-state index in [9.17, 15) is 9.90 Å². The zero-order valence-electron chi connectivity index (χ0n) is 11.1. The van der Waals surface area contributed by atoms with Gasteiger partial charge < -0.3 is 15.2 Å². The molecular formula is C14H20N2O3. The fourth-order valence-corrected chi connectivity index (χ4v) is 2.31. The number of benzene rings is 1. The predicted octanol–water partition coefficient (Wildman–Crippen LogP) is 0.902. The summed E-state index contributed by atoms with van der Waals surface area (Å²) in [5.41, 5.74) is 0.859. The van der Waals surface area contributed by atoms with Crippen LogP contribution in [0.4, 0.5) is 0 Å². The number of ether oxygens (including phenoxy) is 1. The molecule has 0 radical (unpaired) electrons. The van der Waals surface area contributed by atoms with Crippen molar-refractivity contribution in [1.82, 2.24) is 10.2 Å². The van der Waals surface area contributed by atoms with Gasteiger partial charge in [0.2, 0.25) is 0 Å². The molecule has 0 spiro atoms. The lowest BCUT2D eigenvalue weighted by Crippen LogP contribution is -2.47. The third-order valence-electron chi connectivity index (χ3n) is 3.24. The summed E-state index contributed by atoms with van der Waals surface area (Å²) in [6.45, 7) is 5.54. The predicted molar refractivity (Wildman–Crippen MR) is 71.9 cm³/mol. The van der Waals surface area contributed by atoms with E-state index in [1.165, 1.54) is 0 Å². The SMILES string of the molecule is CCOC(=O)C(c1ccc(O)cc1)N1CCNCC1. The molecule has 0 amide bonds. The van der Waals surface area contributed by atoms with Gasteiger partial charge in [0.15, 0.2) is 0 Å². The normalized spacial score (nSPS) is 17.9. The topological polar surface area (TPSA) is 61.8 Å². The highest BCUT2D eigenvalue weighted by molar-refractivity contribution is 5.77. The van der Waals surface area contributed by atoms with Crippen LogP contribution in [-0.4, -0.2) is 48.8 Å². The van der Waals surface area contributed by atoms with Crippen LogP contribution in [0.25, 0.3) is 0 Å². The maximum absolute atomic E-state index is 12.2. The quantitative estimate of drug-likeness (QED) is 0.791. The van der Waals surface area contributed by atoms with Gasteiger partial charge in [-0.2, -0.15) is 0 Å². The fraction of sp³-hybridized carbons (Fsp3) is 0.500. The van der Waals surface area contributed by atoms with Crippen molar-refractivity contribution in [2.24, 2.45) is 0 Å². The maximum Gasteiger partial charge on any atom is 0.328 e. The highest BCUT2D eigenvalue weighted by Gasteiger charge is 2.29. The number of piperazine rings is 1. The van der Waals surface area contributed by atoms with E-state index in [-0.39, 0.29) is 17.8 Å². The second-order valence-corrected chi connectivity index (χ2v) is 4.53. The second-order valence-electron chi connectivity index (χ2n) is 4.53. The van der Waals surface area contributed by atoms with Gasteiger partial charge in [0.1, 0.15) is 11.8 Å². The summed E-state index contributed by atoms with van der Waals surface area (Å²) < 4.78 is 5.18. The van der Waals surface area contributed by atoms with E-state index in [1.54, 1.807) is 24.3 Å². The summed E-state index contributed by atoms with van der Waals surface area (Å²) in [4.78, 5) is 14.3. The van der Waals surface area contributed by atoms with Crippen molar-refractivity contribution >= 4 is 5.97 Å². The third-order valence-corrected chi connectivity index (χ3v) is 3.24. The first-order valence-corrected chi connectivity index (χ1v) is 6.62. The Hall–Kier alpha value is -1.59.